The van der Waals surface area contributed by atoms with Crippen LogP contribution in [0.4, 0.5) is 9.18 Å². The van der Waals surface area contributed by atoms with Gasteiger partial charge in [0.05, 0.1) is 16.6 Å². The lowest BCUT2D eigenvalue weighted by molar-refractivity contribution is 0.0520. The lowest BCUT2D eigenvalue weighted by Crippen LogP contribution is -2.34. The van der Waals surface area contributed by atoms with Gasteiger partial charge in [-0.3, -0.25) is 0 Å². The van der Waals surface area contributed by atoms with Crippen LogP contribution in [-0.2, 0) is 4.74 Å². The number of rotatable bonds is 4. The number of alkyl carbamates (subject to hydrolysis) is 1. The molecule has 0 saturated heterocycles. The van der Waals surface area contributed by atoms with Crippen LogP contribution in [0.5, 0.6) is 5.75 Å². The molecule has 1 N–H and O–H groups in total. The standard InChI is InChI=1S/C14H16BrFN2O3/c1-14(2,3)21-13(19)18-4-5-20-12-7-10(15)11(16)6-9(12)8-17/h6-7H,4-5H2,1-3H3,(H,18,19). The van der Waals surface area contributed by atoms with Crippen molar-refractivity contribution in [1.29, 1.82) is 5.26 Å². The Hall–Kier alpha value is -1.81. The Morgan fingerprint density at radius 3 is 2.71 bits per heavy atom. The maximum Gasteiger partial charge on any atom is 0.407 e. The van der Waals surface area contributed by atoms with Crippen molar-refractivity contribution in [2.24, 2.45) is 0 Å². The minimum atomic E-state index is -0.569. The summed E-state index contributed by atoms with van der Waals surface area (Å²) in [6.07, 6.45) is -0.549. The van der Waals surface area contributed by atoms with Gasteiger partial charge in [0.1, 0.15) is 29.8 Å². The van der Waals surface area contributed by atoms with Crippen molar-refractivity contribution in [2.45, 2.75) is 26.4 Å². The summed E-state index contributed by atoms with van der Waals surface area (Å²) >= 11 is 3.02. The van der Waals surface area contributed by atoms with Gasteiger partial charge >= 0.3 is 6.09 Å². The van der Waals surface area contributed by atoms with Crippen molar-refractivity contribution in [3.63, 3.8) is 0 Å². The number of ether oxygens (including phenoxy) is 2. The molecule has 0 unspecified atom stereocenters. The van der Waals surface area contributed by atoms with E-state index in [-0.39, 0.29) is 28.9 Å². The van der Waals surface area contributed by atoms with Gasteiger partial charge in [0.25, 0.3) is 0 Å². The summed E-state index contributed by atoms with van der Waals surface area (Å²) in [7, 11) is 0. The van der Waals surface area contributed by atoms with Gasteiger partial charge in [-0.25, -0.2) is 9.18 Å². The number of nitriles is 1. The highest BCUT2D eigenvalue weighted by molar-refractivity contribution is 9.10. The summed E-state index contributed by atoms with van der Waals surface area (Å²) in [5.74, 6) is -0.289. The summed E-state index contributed by atoms with van der Waals surface area (Å²) in [5, 5.41) is 11.4. The van der Waals surface area contributed by atoms with Crippen LogP contribution in [0.25, 0.3) is 0 Å². The third kappa shape index (κ3) is 6.00. The van der Waals surface area contributed by atoms with Gasteiger partial charge in [0.15, 0.2) is 0 Å². The van der Waals surface area contributed by atoms with E-state index in [1.165, 1.54) is 6.07 Å². The summed E-state index contributed by atoms with van der Waals surface area (Å²) in [4.78, 5) is 11.4. The van der Waals surface area contributed by atoms with Gasteiger partial charge in [0.2, 0.25) is 0 Å². The van der Waals surface area contributed by atoms with Gasteiger partial charge in [-0.1, -0.05) is 0 Å². The van der Waals surface area contributed by atoms with Crippen LogP contribution in [0.2, 0.25) is 0 Å². The third-order valence-electron chi connectivity index (χ3n) is 2.17. The van der Waals surface area contributed by atoms with E-state index < -0.39 is 17.5 Å². The molecule has 21 heavy (non-hydrogen) atoms. The molecule has 0 aliphatic carbocycles. The van der Waals surface area contributed by atoms with E-state index >= 15 is 0 Å². The number of benzene rings is 1. The number of carbonyl (C=O) groups is 1. The fourth-order valence-corrected chi connectivity index (χ4v) is 1.69. The Balaban J connectivity index is 2.49. The van der Waals surface area contributed by atoms with E-state index in [4.69, 9.17) is 14.7 Å². The van der Waals surface area contributed by atoms with Crippen LogP contribution in [0, 0.1) is 17.1 Å². The monoisotopic (exact) mass is 358 g/mol. The summed E-state index contributed by atoms with van der Waals surface area (Å²) in [6.45, 7) is 5.62. The first-order valence-electron chi connectivity index (χ1n) is 6.21. The highest BCUT2D eigenvalue weighted by atomic mass is 79.9. The molecule has 1 aromatic rings. The van der Waals surface area contributed by atoms with E-state index in [1.54, 1.807) is 20.8 Å². The molecule has 0 aliphatic heterocycles. The Kier molecular flexibility index (Phi) is 5.97. The van der Waals surface area contributed by atoms with Crippen LogP contribution >= 0.6 is 15.9 Å². The number of nitrogens with one attached hydrogen (secondary N) is 1. The zero-order valence-electron chi connectivity index (χ0n) is 12.0. The molecule has 0 saturated carbocycles. The quantitative estimate of drug-likeness (QED) is 0.837. The normalized spacial score (nSPS) is 10.7. The number of carbonyl (C=O) groups excluding carboxylic acids is 1. The molecule has 0 bridgehead atoms. The molecule has 0 aliphatic rings. The highest BCUT2D eigenvalue weighted by Gasteiger charge is 2.15. The Morgan fingerprint density at radius 1 is 1.48 bits per heavy atom. The highest BCUT2D eigenvalue weighted by Crippen LogP contribution is 2.26. The van der Waals surface area contributed by atoms with Crippen molar-refractivity contribution in [1.82, 2.24) is 5.32 Å². The molecule has 5 nitrogen and oxygen atoms in total. The van der Waals surface area contributed by atoms with Crippen LogP contribution < -0.4 is 10.1 Å². The second-order valence-corrected chi connectivity index (χ2v) is 6.01. The van der Waals surface area contributed by atoms with Gasteiger partial charge in [-0.05, 0) is 48.8 Å². The fourth-order valence-electron chi connectivity index (χ4n) is 1.36. The van der Waals surface area contributed by atoms with Crippen LogP contribution in [0.3, 0.4) is 0 Å². The van der Waals surface area contributed by atoms with Crippen molar-refractivity contribution in [3.05, 3.63) is 28.0 Å². The van der Waals surface area contributed by atoms with E-state index in [1.807, 2.05) is 6.07 Å². The maximum absolute atomic E-state index is 13.3. The Morgan fingerprint density at radius 2 is 2.14 bits per heavy atom. The predicted molar refractivity (Wildman–Crippen MR) is 78.5 cm³/mol. The summed E-state index contributed by atoms with van der Waals surface area (Å²) in [5.41, 5.74) is -0.478. The minimum Gasteiger partial charge on any atom is -0.490 e. The smallest absolute Gasteiger partial charge is 0.407 e. The number of hydrogen-bond donors (Lipinski definition) is 1. The average molecular weight is 359 g/mol. The number of hydrogen-bond acceptors (Lipinski definition) is 4. The molecule has 0 spiro atoms. The van der Waals surface area contributed by atoms with Crippen LogP contribution in [-0.4, -0.2) is 24.8 Å². The molecule has 0 aromatic heterocycles. The summed E-state index contributed by atoms with van der Waals surface area (Å²) in [6, 6.07) is 4.31. The summed E-state index contributed by atoms with van der Waals surface area (Å²) < 4.78 is 23.9. The van der Waals surface area contributed by atoms with Gasteiger partial charge in [0, 0.05) is 0 Å². The largest absolute Gasteiger partial charge is 0.490 e. The second-order valence-electron chi connectivity index (χ2n) is 5.15. The van der Waals surface area contributed by atoms with Crippen molar-refractivity contribution >= 4 is 22.0 Å². The molecule has 1 rings (SSSR count). The minimum absolute atomic E-state index is 0.0907. The molecule has 1 amide bonds. The van der Waals surface area contributed by atoms with Crippen LogP contribution in [0.15, 0.2) is 16.6 Å². The number of nitrogens with zero attached hydrogens (tertiary/aromatic N) is 1. The predicted octanol–water partition coefficient (Wildman–Crippen LogP) is 3.36. The zero-order valence-corrected chi connectivity index (χ0v) is 13.6. The van der Waals surface area contributed by atoms with Crippen molar-refractivity contribution in [3.8, 4) is 11.8 Å². The molecule has 114 valence electrons. The van der Waals surface area contributed by atoms with E-state index in [9.17, 15) is 9.18 Å². The molecular weight excluding hydrogens is 343 g/mol. The maximum atomic E-state index is 13.3. The molecule has 0 radical (unpaired) electrons. The van der Waals surface area contributed by atoms with Gasteiger partial charge in [-0.15, -0.1) is 0 Å². The van der Waals surface area contributed by atoms with E-state index in [0.717, 1.165) is 6.07 Å². The van der Waals surface area contributed by atoms with E-state index in [2.05, 4.69) is 21.2 Å². The molecule has 0 heterocycles. The second kappa shape index (κ2) is 7.27. The Bertz CT molecular complexity index is 565. The molecule has 7 heteroatoms. The van der Waals surface area contributed by atoms with Crippen molar-refractivity contribution < 1.29 is 18.7 Å². The Labute approximate surface area is 131 Å². The lowest BCUT2D eigenvalue weighted by atomic mass is 10.2. The SMILES string of the molecule is CC(C)(C)OC(=O)NCCOc1cc(Br)c(F)cc1C#N. The average Bonchev–Trinajstić information content (AvgIpc) is 2.36. The topological polar surface area (TPSA) is 71.3 Å². The van der Waals surface area contributed by atoms with Gasteiger partial charge < -0.3 is 14.8 Å². The fraction of sp³-hybridized carbons (Fsp3) is 0.429. The molecule has 1 aromatic carbocycles. The first kappa shape index (κ1) is 17.2. The number of amides is 1. The molecule has 0 fully saturated rings. The molecule has 0 atom stereocenters. The first-order chi connectivity index (χ1) is 9.73. The van der Waals surface area contributed by atoms with E-state index in [0.29, 0.717) is 0 Å². The van der Waals surface area contributed by atoms with Crippen LogP contribution in [0.1, 0.15) is 26.3 Å². The number of halogens is 2. The lowest BCUT2D eigenvalue weighted by Gasteiger charge is -2.19. The van der Waals surface area contributed by atoms with Gasteiger partial charge in [-0.2, -0.15) is 5.26 Å². The molecular formula is C14H16BrFN2O3. The zero-order chi connectivity index (χ0) is 16.0. The third-order valence-corrected chi connectivity index (χ3v) is 2.78. The van der Waals surface area contributed by atoms with Crippen molar-refractivity contribution in [2.75, 3.05) is 13.2 Å². The first-order valence-corrected chi connectivity index (χ1v) is 7.01.